The zero-order valence-corrected chi connectivity index (χ0v) is 11.0. The third-order valence-corrected chi connectivity index (χ3v) is 2.97. The largest absolute Gasteiger partial charge is 0.465 e. The Morgan fingerprint density at radius 3 is 2.58 bits per heavy atom. The van der Waals surface area contributed by atoms with Crippen molar-refractivity contribution in [3.05, 3.63) is 33.1 Å². The zero-order valence-electron chi connectivity index (χ0n) is 11.0. The highest BCUT2D eigenvalue weighted by Gasteiger charge is 2.14. The second-order valence-corrected chi connectivity index (χ2v) is 4.19. The van der Waals surface area contributed by atoms with E-state index in [1.165, 1.54) is 16.2 Å². The van der Waals surface area contributed by atoms with Crippen LogP contribution in [0.2, 0.25) is 0 Å². The standard InChI is InChI=1S/C12H15N3O4/c1-4-19-9(16)7-15-6-5-8-10(15)13(2)12(18)14(3)11(8)17/h5-6H,4,7H2,1-3H3. The van der Waals surface area contributed by atoms with Crippen LogP contribution in [-0.4, -0.2) is 26.3 Å². The first-order valence-corrected chi connectivity index (χ1v) is 5.87. The van der Waals surface area contributed by atoms with Crippen molar-refractivity contribution in [1.82, 2.24) is 13.7 Å². The smallest absolute Gasteiger partial charge is 0.332 e. The van der Waals surface area contributed by atoms with E-state index in [-0.39, 0.29) is 12.1 Å². The molecule has 0 unspecified atom stereocenters. The summed E-state index contributed by atoms with van der Waals surface area (Å²) >= 11 is 0. The topological polar surface area (TPSA) is 75.2 Å². The van der Waals surface area contributed by atoms with Crippen LogP contribution in [0.4, 0.5) is 0 Å². The van der Waals surface area contributed by atoms with Gasteiger partial charge in [0.1, 0.15) is 12.2 Å². The maximum Gasteiger partial charge on any atom is 0.332 e. The Kier molecular flexibility index (Phi) is 3.28. The van der Waals surface area contributed by atoms with E-state index in [1.54, 1.807) is 26.2 Å². The lowest BCUT2D eigenvalue weighted by Crippen LogP contribution is -2.37. The maximum atomic E-state index is 11.9. The molecule has 2 aromatic rings. The first-order chi connectivity index (χ1) is 8.97. The Labute approximate surface area is 108 Å². The number of aryl methyl sites for hydroxylation is 1. The second-order valence-electron chi connectivity index (χ2n) is 4.19. The van der Waals surface area contributed by atoms with E-state index in [0.717, 1.165) is 4.57 Å². The van der Waals surface area contributed by atoms with Gasteiger partial charge in [0.25, 0.3) is 5.56 Å². The van der Waals surface area contributed by atoms with Crippen LogP contribution in [0.1, 0.15) is 6.92 Å². The van der Waals surface area contributed by atoms with Crippen LogP contribution in [0.15, 0.2) is 21.9 Å². The minimum atomic E-state index is -0.429. The minimum absolute atomic E-state index is 0.0300. The number of carbonyl (C=O) groups is 1. The average Bonchev–Trinajstić information content (AvgIpc) is 2.78. The van der Waals surface area contributed by atoms with Crippen molar-refractivity contribution in [2.24, 2.45) is 14.1 Å². The molecule has 102 valence electrons. The van der Waals surface area contributed by atoms with Gasteiger partial charge in [-0.2, -0.15) is 0 Å². The Morgan fingerprint density at radius 1 is 1.26 bits per heavy atom. The van der Waals surface area contributed by atoms with Crippen LogP contribution < -0.4 is 11.2 Å². The molecule has 0 aliphatic carbocycles. The molecule has 0 aromatic carbocycles. The molecule has 0 aliphatic rings. The van der Waals surface area contributed by atoms with Crippen molar-refractivity contribution in [3.63, 3.8) is 0 Å². The lowest BCUT2D eigenvalue weighted by Gasteiger charge is -2.09. The van der Waals surface area contributed by atoms with Crippen LogP contribution >= 0.6 is 0 Å². The number of carbonyl (C=O) groups excluding carboxylic acids is 1. The zero-order chi connectivity index (χ0) is 14.2. The number of hydrogen-bond donors (Lipinski definition) is 0. The molecule has 0 bridgehead atoms. The summed E-state index contributed by atoms with van der Waals surface area (Å²) in [6, 6.07) is 1.59. The fourth-order valence-electron chi connectivity index (χ4n) is 2.06. The summed E-state index contributed by atoms with van der Waals surface area (Å²) in [4.78, 5) is 35.3. The molecule has 0 spiro atoms. The molecule has 19 heavy (non-hydrogen) atoms. The Morgan fingerprint density at radius 2 is 1.95 bits per heavy atom. The summed E-state index contributed by atoms with van der Waals surface area (Å²) in [5.74, 6) is -0.409. The predicted molar refractivity (Wildman–Crippen MR) is 69.1 cm³/mol. The molecule has 7 heteroatoms. The molecule has 0 atom stereocenters. The predicted octanol–water partition coefficient (Wildman–Crippen LogP) is -0.398. The van der Waals surface area contributed by atoms with E-state index < -0.39 is 11.7 Å². The number of rotatable bonds is 3. The van der Waals surface area contributed by atoms with Crippen molar-refractivity contribution in [1.29, 1.82) is 0 Å². The van der Waals surface area contributed by atoms with Gasteiger partial charge in [-0.15, -0.1) is 0 Å². The Balaban J connectivity index is 2.64. The minimum Gasteiger partial charge on any atom is -0.465 e. The summed E-state index contributed by atoms with van der Waals surface area (Å²) in [5.41, 5.74) is -0.386. The second kappa shape index (κ2) is 4.75. The number of esters is 1. The SMILES string of the molecule is CCOC(=O)Cn1ccc2c(=O)n(C)c(=O)n(C)c21. The van der Waals surface area contributed by atoms with Gasteiger partial charge in [-0.3, -0.25) is 18.7 Å². The van der Waals surface area contributed by atoms with Crippen LogP contribution in [0.3, 0.4) is 0 Å². The highest BCUT2D eigenvalue weighted by molar-refractivity contribution is 5.78. The van der Waals surface area contributed by atoms with Crippen molar-refractivity contribution in [2.75, 3.05) is 6.61 Å². The van der Waals surface area contributed by atoms with Crippen LogP contribution in [0.25, 0.3) is 11.0 Å². The van der Waals surface area contributed by atoms with Gasteiger partial charge in [-0.05, 0) is 13.0 Å². The van der Waals surface area contributed by atoms with Gasteiger partial charge in [0.15, 0.2) is 0 Å². The number of aromatic nitrogens is 3. The molecule has 2 heterocycles. The first kappa shape index (κ1) is 13.1. The van der Waals surface area contributed by atoms with Gasteiger partial charge in [-0.1, -0.05) is 0 Å². The van der Waals surface area contributed by atoms with Gasteiger partial charge in [-0.25, -0.2) is 4.79 Å². The Hall–Kier alpha value is -2.31. The number of nitrogens with zero attached hydrogens (tertiary/aromatic N) is 3. The van der Waals surface area contributed by atoms with Crippen molar-refractivity contribution in [3.8, 4) is 0 Å². The van der Waals surface area contributed by atoms with Gasteiger partial charge in [0.2, 0.25) is 0 Å². The van der Waals surface area contributed by atoms with Gasteiger partial charge < -0.3 is 9.30 Å². The first-order valence-electron chi connectivity index (χ1n) is 5.87. The quantitative estimate of drug-likeness (QED) is 0.708. The van der Waals surface area contributed by atoms with E-state index in [4.69, 9.17) is 4.74 Å². The maximum absolute atomic E-state index is 11.9. The molecule has 0 fully saturated rings. The lowest BCUT2D eigenvalue weighted by atomic mass is 10.4. The molecule has 0 amide bonds. The van der Waals surface area contributed by atoms with Crippen molar-refractivity contribution < 1.29 is 9.53 Å². The third-order valence-electron chi connectivity index (χ3n) is 2.97. The molecular weight excluding hydrogens is 250 g/mol. The fraction of sp³-hybridized carbons (Fsp3) is 0.417. The molecular formula is C12H15N3O4. The van der Waals surface area contributed by atoms with Crippen molar-refractivity contribution >= 4 is 17.0 Å². The summed E-state index contributed by atoms with van der Waals surface area (Å²) in [6.45, 7) is 1.98. The summed E-state index contributed by atoms with van der Waals surface area (Å²) < 4.78 is 8.78. The van der Waals surface area contributed by atoms with Crippen LogP contribution in [0.5, 0.6) is 0 Å². The fourth-order valence-corrected chi connectivity index (χ4v) is 2.06. The van der Waals surface area contributed by atoms with E-state index in [9.17, 15) is 14.4 Å². The molecule has 7 nitrogen and oxygen atoms in total. The number of fused-ring (bicyclic) bond motifs is 1. The number of ether oxygens (including phenoxy) is 1. The van der Waals surface area contributed by atoms with E-state index in [2.05, 4.69) is 0 Å². The van der Waals surface area contributed by atoms with Crippen LogP contribution in [-0.2, 0) is 30.2 Å². The average molecular weight is 265 g/mol. The third kappa shape index (κ3) is 2.07. The highest BCUT2D eigenvalue weighted by Crippen LogP contribution is 2.09. The molecule has 0 aliphatic heterocycles. The number of hydrogen-bond acceptors (Lipinski definition) is 4. The molecule has 2 aromatic heterocycles. The monoisotopic (exact) mass is 265 g/mol. The van der Waals surface area contributed by atoms with E-state index >= 15 is 0 Å². The van der Waals surface area contributed by atoms with Gasteiger partial charge >= 0.3 is 11.7 Å². The lowest BCUT2D eigenvalue weighted by molar-refractivity contribution is -0.143. The summed E-state index contributed by atoms with van der Waals surface area (Å²) in [6.07, 6.45) is 1.60. The van der Waals surface area contributed by atoms with Gasteiger partial charge in [0.05, 0.1) is 12.0 Å². The molecule has 0 saturated heterocycles. The highest BCUT2D eigenvalue weighted by atomic mass is 16.5. The van der Waals surface area contributed by atoms with E-state index in [1.807, 2.05) is 0 Å². The van der Waals surface area contributed by atoms with Crippen LogP contribution in [0, 0.1) is 0 Å². The molecule has 0 radical (unpaired) electrons. The Bertz CT molecular complexity index is 751. The molecule has 0 N–H and O–H groups in total. The molecule has 2 rings (SSSR count). The summed E-state index contributed by atoms with van der Waals surface area (Å²) in [7, 11) is 2.98. The van der Waals surface area contributed by atoms with E-state index in [0.29, 0.717) is 17.6 Å². The molecule has 0 saturated carbocycles. The van der Waals surface area contributed by atoms with Gasteiger partial charge in [0, 0.05) is 20.3 Å². The normalized spacial score (nSPS) is 10.9. The summed E-state index contributed by atoms with van der Waals surface area (Å²) in [5, 5.41) is 0.397. The van der Waals surface area contributed by atoms with Crippen molar-refractivity contribution in [2.45, 2.75) is 13.5 Å².